The Kier molecular flexibility index (Phi) is 4.11. The maximum Gasteiger partial charge on any atom is 0.332 e. The van der Waals surface area contributed by atoms with E-state index in [1.807, 2.05) is 56.3 Å². The average Bonchev–Trinajstić information content (AvgIpc) is 3.05. The van der Waals surface area contributed by atoms with E-state index in [2.05, 4.69) is 0 Å². The Balaban J connectivity index is 2.08. The Morgan fingerprint density at radius 2 is 1.85 bits per heavy atom. The number of methoxy groups -OCH3 is 1. The van der Waals surface area contributed by atoms with Gasteiger partial charge in [-0.2, -0.15) is 0 Å². The molecule has 0 radical (unpaired) electrons. The lowest BCUT2D eigenvalue weighted by molar-refractivity contribution is 0.414. The van der Waals surface area contributed by atoms with E-state index in [0.717, 1.165) is 10.9 Å². The smallest absolute Gasteiger partial charge is 0.332 e. The van der Waals surface area contributed by atoms with Gasteiger partial charge in [-0.3, -0.25) is 13.9 Å². The Hall–Kier alpha value is -3.28. The van der Waals surface area contributed by atoms with Crippen molar-refractivity contribution in [1.82, 2.24) is 9.13 Å². The minimum Gasteiger partial charge on any atom is -0.497 e. The van der Waals surface area contributed by atoms with Crippen molar-refractivity contribution in [2.75, 3.05) is 7.11 Å². The van der Waals surface area contributed by atoms with E-state index < -0.39 is 5.56 Å². The minimum absolute atomic E-state index is 0.201. The molecule has 6 heteroatoms. The monoisotopic (exact) mass is 364 g/mol. The summed E-state index contributed by atoms with van der Waals surface area (Å²) in [4.78, 5) is 26.1. The third-order valence-electron chi connectivity index (χ3n) is 4.68. The van der Waals surface area contributed by atoms with Gasteiger partial charge in [0.25, 0.3) is 5.56 Å². The fraction of sp³-hybridized carbons (Fsp3) is 0.238. The predicted octanol–water partition coefficient (Wildman–Crippen LogP) is 3.55. The molecule has 4 aromatic rings. The molecule has 0 aliphatic carbocycles. The first-order valence-electron chi connectivity index (χ1n) is 8.80. The molecule has 0 saturated heterocycles. The molecule has 6 nitrogen and oxygen atoms in total. The van der Waals surface area contributed by atoms with Crippen molar-refractivity contribution < 1.29 is 9.15 Å². The quantitative estimate of drug-likeness (QED) is 0.555. The molecule has 138 valence electrons. The summed E-state index contributed by atoms with van der Waals surface area (Å²) >= 11 is 0. The van der Waals surface area contributed by atoms with Crippen LogP contribution < -0.4 is 16.0 Å². The zero-order chi connectivity index (χ0) is 19.1. The third kappa shape index (κ3) is 2.73. The number of rotatable bonds is 4. The Labute approximate surface area is 155 Å². The largest absolute Gasteiger partial charge is 0.497 e. The van der Waals surface area contributed by atoms with Gasteiger partial charge in [-0.05, 0) is 43.7 Å². The zero-order valence-electron chi connectivity index (χ0n) is 15.4. The maximum atomic E-state index is 13.2. The van der Waals surface area contributed by atoms with Gasteiger partial charge in [0.2, 0.25) is 5.58 Å². The maximum absolute atomic E-state index is 13.2. The molecule has 2 heterocycles. The van der Waals surface area contributed by atoms with E-state index in [1.54, 1.807) is 17.7 Å². The summed E-state index contributed by atoms with van der Waals surface area (Å²) in [6, 6.07) is 14.6. The fourth-order valence-electron chi connectivity index (χ4n) is 3.42. The standard InChI is InChI=1S/C21H20N2O4/c1-13(2)23-20(24)19-18(16-9-4-5-10-17(16)27-19)22(21(23)25)12-14-7-6-8-15(11-14)26-3/h4-11,13H,12H2,1-3H3. The Morgan fingerprint density at radius 1 is 1.07 bits per heavy atom. The zero-order valence-corrected chi connectivity index (χ0v) is 15.4. The van der Waals surface area contributed by atoms with E-state index in [0.29, 0.717) is 23.4 Å². The topological polar surface area (TPSA) is 66.4 Å². The number of hydrogen-bond acceptors (Lipinski definition) is 4. The highest BCUT2D eigenvalue weighted by Crippen LogP contribution is 2.26. The van der Waals surface area contributed by atoms with Gasteiger partial charge < -0.3 is 9.15 Å². The van der Waals surface area contributed by atoms with Crippen LogP contribution in [0.4, 0.5) is 0 Å². The molecule has 0 aliphatic rings. The summed E-state index contributed by atoms with van der Waals surface area (Å²) in [5, 5.41) is 0.750. The van der Waals surface area contributed by atoms with Crippen molar-refractivity contribution in [2.24, 2.45) is 0 Å². The van der Waals surface area contributed by atoms with Crippen LogP contribution in [0.15, 0.2) is 62.5 Å². The van der Waals surface area contributed by atoms with E-state index in [4.69, 9.17) is 9.15 Å². The van der Waals surface area contributed by atoms with Gasteiger partial charge in [-0.15, -0.1) is 0 Å². The summed E-state index contributed by atoms with van der Waals surface area (Å²) in [7, 11) is 1.60. The first-order chi connectivity index (χ1) is 13.0. The number of ether oxygens (including phenoxy) is 1. The Bertz CT molecular complexity index is 1260. The molecule has 0 spiro atoms. The second-order valence-corrected chi connectivity index (χ2v) is 6.77. The van der Waals surface area contributed by atoms with E-state index >= 15 is 0 Å². The molecule has 2 aromatic heterocycles. The van der Waals surface area contributed by atoms with Crippen molar-refractivity contribution >= 4 is 22.1 Å². The molecule has 0 unspecified atom stereocenters. The highest BCUT2D eigenvalue weighted by atomic mass is 16.5. The second kappa shape index (κ2) is 6.46. The summed E-state index contributed by atoms with van der Waals surface area (Å²) in [5.41, 5.74) is 1.47. The van der Waals surface area contributed by atoms with Gasteiger partial charge in [-0.1, -0.05) is 24.3 Å². The number of para-hydroxylation sites is 1. The molecule has 0 aliphatic heterocycles. The van der Waals surface area contributed by atoms with Gasteiger partial charge in [0.15, 0.2) is 0 Å². The number of furan rings is 1. The van der Waals surface area contributed by atoms with Gasteiger partial charge in [0.1, 0.15) is 16.8 Å². The van der Waals surface area contributed by atoms with Crippen LogP contribution in [0, 0.1) is 0 Å². The van der Waals surface area contributed by atoms with E-state index in [-0.39, 0.29) is 17.3 Å². The lowest BCUT2D eigenvalue weighted by atomic mass is 10.2. The summed E-state index contributed by atoms with van der Waals surface area (Å²) < 4.78 is 14.0. The first kappa shape index (κ1) is 17.1. The molecule has 0 saturated carbocycles. The molecule has 0 amide bonds. The van der Waals surface area contributed by atoms with Crippen molar-refractivity contribution in [2.45, 2.75) is 26.4 Å². The lowest BCUT2D eigenvalue weighted by Crippen LogP contribution is -2.41. The highest BCUT2D eigenvalue weighted by molar-refractivity contribution is 6.02. The normalized spacial score (nSPS) is 11.6. The number of fused-ring (bicyclic) bond motifs is 3. The molecule has 0 bridgehead atoms. The molecule has 0 N–H and O–H groups in total. The van der Waals surface area contributed by atoms with Crippen LogP contribution in [-0.2, 0) is 6.54 Å². The molecule has 2 aromatic carbocycles. The molecular formula is C21H20N2O4. The summed E-state index contributed by atoms with van der Waals surface area (Å²) in [6.07, 6.45) is 0. The van der Waals surface area contributed by atoms with E-state index in [9.17, 15) is 9.59 Å². The first-order valence-corrected chi connectivity index (χ1v) is 8.80. The Morgan fingerprint density at radius 3 is 2.59 bits per heavy atom. The van der Waals surface area contributed by atoms with Crippen LogP contribution in [0.1, 0.15) is 25.5 Å². The van der Waals surface area contributed by atoms with Gasteiger partial charge >= 0.3 is 5.69 Å². The fourth-order valence-corrected chi connectivity index (χ4v) is 3.42. The van der Waals surface area contributed by atoms with Crippen LogP contribution in [-0.4, -0.2) is 16.2 Å². The number of benzene rings is 2. The van der Waals surface area contributed by atoms with Gasteiger partial charge in [-0.25, -0.2) is 4.79 Å². The van der Waals surface area contributed by atoms with Crippen LogP contribution in [0.2, 0.25) is 0 Å². The SMILES string of the molecule is COc1cccc(Cn2c(=O)n(C(C)C)c(=O)c3oc4ccccc4c32)c1. The second-order valence-electron chi connectivity index (χ2n) is 6.77. The van der Waals surface area contributed by atoms with E-state index in [1.165, 1.54) is 4.57 Å². The van der Waals surface area contributed by atoms with Crippen LogP contribution in [0.25, 0.3) is 22.1 Å². The molecule has 27 heavy (non-hydrogen) atoms. The van der Waals surface area contributed by atoms with Crippen molar-refractivity contribution in [3.63, 3.8) is 0 Å². The van der Waals surface area contributed by atoms with Crippen molar-refractivity contribution in [3.8, 4) is 5.75 Å². The van der Waals surface area contributed by atoms with Crippen LogP contribution >= 0.6 is 0 Å². The van der Waals surface area contributed by atoms with Crippen LogP contribution in [0.5, 0.6) is 5.75 Å². The minimum atomic E-state index is -0.400. The average molecular weight is 364 g/mol. The molecule has 0 fully saturated rings. The molecular weight excluding hydrogens is 344 g/mol. The molecule has 4 rings (SSSR count). The molecule has 0 atom stereocenters. The van der Waals surface area contributed by atoms with Gasteiger partial charge in [0, 0.05) is 11.4 Å². The van der Waals surface area contributed by atoms with Crippen molar-refractivity contribution in [1.29, 1.82) is 0 Å². The lowest BCUT2D eigenvalue weighted by Gasteiger charge is -2.14. The number of aromatic nitrogens is 2. The predicted molar refractivity (Wildman–Crippen MR) is 105 cm³/mol. The third-order valence-corrected chi connectivity index (χ3v) is 4.68. The highest BCUT2D eigenvalue weighted by Gasteiger charge is 2.21. The van der Waals surface area contributed by atoms with Crippen molar-refractivity contribution in [3.05, 3.63) is 74.9 Å². The van der Waals surface area contributed by atoms with Crippen LogP contribution in [0.3, 0.4) is 0 Å². The summed E-state index contributed by atoms with van der Waals surface area (Å²) in [5.74, 6) is 0.714. The summed E-state index contributed by atoms with van der Waals surface area (Å²) in [6.45, 7) is 3.93. The number of nitrogens with zero attached hydrogens (tertiary/aromatic N) is 2. The number of hydrogen-bond donors (Lipinski definition) is 0. The van der Waals surface area contributed by atoms with Gasteiger partial charge in [0.05, 0.1) is 13.7 Å².